The largest absolute Gasteiger partial charge is 0.373 e. The van der Waals surface area contributed by atoms with Gasteiger partial charge in [0.25, 0.3) is 0 Å². The molecule has 2 nitrogen and oxygen atoms in total. The van der Waals surface area contributed by atoms with Crippen molar-refractivity contribution in [1.29, 1.82) is 0 Å². The van der Waals surface area contributed by atoms with Crippen molar-refractivity contribution in [3.05, 3.63) is 11.6 Å². The summed E-state index contributed by atoms with van der Waals surface area (Å²) in [4.78, 5) is 0. The zero-order chi connectivity index (χ0) is 14.4. The molecule has 0 bridgehead atoms. The Morgan fingerprint density at radius 3 is 2.65 bits per heavy atom. The molecule has 1 fully saturated rings. The van der Waals surface area contributed by atoms with Crippen LogP contribution in [0.3, 0.4) is 0 Å². The van der Waals surface area contributed by atoms with Crippen LogP contribution < -0.4 is 5.73 Å². The molecule has 0 heterocycles. The highest BCUT2D eigenvalue weighted by atomic mass is 16.5. The van der Waals surface area contributed by atoms with Crippen LogP contribution in [-0.2, 0) is 4.74 Å². The Balaban J connectivity index is 2.10. The highest BCUT2D eigenvalue weighted by Gasteiger charge is 2.41. The van der Waals surface area contributed by atoms with Crippen LogP contribution in [0.5, 0.6) is 0 Å². The average molecular weight is 279 g/mol. The summed E-state index contributed by atoms with van der Waals surface area (Å²) in [7, 11) is 0. The van der Waals surface area contributed by atoms with Gasteiger partial charge in [-0.3, -0.25) is 0 Å². The minimum Gasteiger partial charge on any atom is -0.373 e. The van der Waals surface area contributed by atoms with Gasteiger partial charge in [-0.15, -0.1) is 0 Å². The highest BCUT2D eigenvalue weighted by Crippen LogP contribution is 2.39. The van der Waals surface area contributed by atoms with Gasteiger partial charge < -0.3 is 10.5 Å². The summed E-state index contributed by atoms with van der Waals surface area (Å²) in [5, 5.41) is 0. The van der Waals surface area contributed by atoms with Gasteiger partial charge in [0.15, 0.2) is 0 Å². The van der Waals surface area contributed by atoms with Crippen LogP contribution in [0.1, 0.15) is 78.1 Å². The molecule has 0 amide bonds. The van der Waals surface area contributed by atoms with Gasteiger partial charge in [-0.05, 0) is 64.2 Å². The van der Waals surface area contributed by atoms with Crippen molar-refractivity contribution in [3.63, 3.8) is 0 Å². The maximum absolute atomic E-state index is 6.72. The molecule has 0 aromatic heterocycles. The molecule has 2 rings (SSSR count). The van der Waals surface area contributed by atoms with Crippen molar-refractivity contribution < 1.29 is 4.74 Å². The molecule has 2 heteroatoms. The molecule has 0 aromatic carbocycles. The molecule has 2 aliphatic rings. The molecule has 1 atom stereocenters. The molecule has 2 N–H and O–H groups in total. The van der Waals surface area contributed by atoms with Gasteiger partial charge in [-0.2, -0.15) is 0 Å². The minimum atomic E-state index is -0.0771. The lowest BCUT2D eigenvalue weighted by molar-refractivity contribution is -0.0820. The van der Waals surface area contributed by atoms with Crippen LogP contribution in [0.25, 0.3) is 0 Å². The van der Waals surface area contributed by atoms with E-state index >= 15 is 0 Å². The third kappa shape index (κ3) is 3.85. The summed E-state index contributed by atoms with van der Waals surface area (Å²) in [6.45, 7) is 5.25. The normalized spacial score (nSPS) is 34.0. The van der Waals surface area contributed by atoms with Gasteiger partial charge >= 0.3 is 0 Å². The third-order valence-corrected chi connectivity index (χ3v) is 5.34. The van der Waals surface area contributed by atoms with E-state index in [0.29, 0.717) is 0 Å². The van der Waals surface area contributed by atoms with E-state index < -0.39 is 0 Å². The van der Waals surface area contributed by atoms with Crippen LogP contribution in [0.4, 0.5) is 0 Å². The lowest BCUT2D eigenvalue weighted by Crippen LogP contribution is -2.53. The average Bonchev–Trinajstić information content (AvgIpc) is 2.41. The zero-order valence-corrected chi connectivity index (χ0v) is 13.5. The summed E-state index contributed by atoms with van der Waals surface area (Å²) in [5.74, 6) is 0.835. The third-order valence-electron chi connectivity index (χ3n) is 5.34. The van der Waals surface area contributed by atoms with Gasteiger partial charge in [-0.1, -0.05) is 31.4 Å². The van der Waals surface area contributed by atoms with Crippen molar-refractivity contribution in [1.82, 2.24) is 0 Å². The number of rotatable bonds is 4. The Bertz CT molecular complexity index is 315. The molecule has 2 aliphatic carbocycles. The molecule has 0 aliphatic heterocycles. The number of ether oxygens (including phenoxy) is 1. The predicted molar refractivity (Wildman–Crippen MR) is 85.7 cm³/mol. The summed E-state index contributed by atoms with van der Waals surface area (Å²) in [6.07, 6.45) is 15.0. The first-order valence-corrected chi connectivity index (χ1v) is 8.76. The second kappa shape index (κ2) is 7.61. The van der Waals surface area contributed by atoms with Gasteiger partial charge in [-0.25, -0.2) is 0 Å². The first-order chi connectivity index (χ1) is 9.68. The van der Waals surface area contributed by atoms with Gasteiger partial charge in [0.2, 0.25) is 0 Å². The fraction of sp³-hybridized carbons (Fsp3) is 0.889. The molecule has 0 saturated heterocycles. The first kappa shape index (κ1) is 16.0. The number of hydrogen-bond acceptors (Lipinski definition) is 2. The molecule has 1 unspecified atom stereocenters. The van der Waals surface area contributed by atoms with Crippen molar-refractivity contribution in [2.45, 2.75) is 89.7 Å². The van der Waals surface area contributed by atoms with Crippen LogP contribution in [-0.4, -0.2) is 18.2 Å². The maximum atomic E-state index is 6.72. The van der Waals surface area contributed by atoms with E-state index in [4.69, 9.17) is 10.5 Å². The van der Waals surface area contributed by atoms with E-state index in [1.54, 1.807) is 0 Å². The molecule has 1 saturated carbocycles. The van der Waals surface area contributed by atoms with Crippen molar-refractivity contribution in [2.24, 2.45) is 11.7 Å². The summed E-state index contributed by atoms with van der Waals surface area (Å²) in [6, 6.07) is 0.119. The van der Waals surface area contributed by atoms with Gasteiger partial charge in [0, 0.05) is 6.61 Å². The van der Waals surface area contributed by atoms with Crippen molar-refractivity contribution in [3.8, 4) is 0 Å². The van der Waals surface area contributed by atoms with Crippen LogP contribution in [0.2, 0.25) is 0 Å². The summed E-state index contributed by atoms with van der Waals surface area (Å²) >= 11 is 0. The zero-order valence-electron chi connectivity index (χ0n) is 13.5. The van der Waals surface area contributed by atoms with Crippen LogP contribution >= 0.6 is 0 Å². The molecule has 0 spiro atoms. The lowest BCUT2D eigenvalue weighted by atomic mass is 9.72. The summed E-state index contributed by atoms with van der Waals surface area (Å²) < 4.78 is 6.24. The van der Waals surface area contributed by atoms with E-state index in [9.17, 15) is 0 Å². The Hall–Kier alpha value is -0.340. The van der Waals surface area contributed by atoms with Crippen molar-refractivity contribution in [2.75, 3.05) is 6.61 Å². The first-order valence-electron chi connectivity index (χ1n) is 8.76. The van der Waals surface area contributed by atoms with E-state index in [2.05, 4.69) is 19.9 Å². The predicted octanol–water partition coefficient (Wildman–Crippen LogP) is 4.58. The smallest absolute Gasteiger partial charge is 0.0870 e. The Morgan fingerprint density at radius 2 is 1.95 bits per heavy atom. The summed E-state index contributed by atoms with van der Waals surface area (Å²) in [5.41, 5.74) is 8.12. The maximum Gasteiger partial charge on any atom is 0.0870 e. The number of allylic oxidation sites excluding steroid dienone is 1. The van der Waals surface area contributed by atoms with E-state index in [1.807, 2.05) is 0 Å². The molecule has 20 heavy (non-hydrogen) atoms. The fourth-order valence-corrected chi connectivity index (χ4v) is 3.92. The number of hydrogen-bond donors (Lipinski definition) is 1. The molecular formula is C18H33NO. The second-order valence-electron chi connectivity index (χ2n) is 6.89. The van der Waals surface area contributed by atoms with E-state index in [-0.39, 0.29) is 11.6 Å². The van der Waals surface area contributed by atoms with Crippen molar-refractivity contribution >= 4 is 0 Å². The lowest BCUT2D eigenvalue weighted by Gasteiger charge is -2.44. The Kier molecular flexibility index (Phi) is 6.10. The molecule has 0 radical (unpaired) electrons. The van der Waals surface area contributed by atoms with E-state index in [0.717, 1.165) is 25.4 Å². The SMILES string of the molecule is CCOC1(C(N)C2=CCCCCCC2)CCC(C)CC1. The van der Waals surface area contributed by atoms with E-state index in [1.165, 1.54) is 56.9 Å². The molecular weight excluding hydrogens is 246 g/mol. The Labute approximate surface area is 125 Å². The standard InChI is InChI=1S/C18H33NO/c1-3-20-18(13-11-15(2)12-14-18)17(19)16-9-7-5-4-6-8-10-16/h9,15,17H,3-8,10-14,19H2,1-2H3. The number of nitrogens with two attached hydrogens (primary N) is 1. The quantitative estimate of drug-likeness (QED) is 0.764. The van der Waals surface area contributed by atoms with Crippen LogP contribution in [0.15, 0.2) is 11.6 Å². The fourth-order valence-electron chi connectivity index (χ4n) is 3.92. The Morgan fingerprint density at radius 1 is 1.25 bits per heavy atom. The molecule has 0 aromatic rings. The molecule has 116 valence electrons. The van der Waals surface area contributed by atoms with Crippen LogP contribution in [0, 0.1) is 5.92 Å². The second-order valence-corrected chi connectivity index (χ2v) is 6.89. The highest BCUT2D eigenvalue weighted by molar-refractivity contribution is 5.18. The van der Waals surface area contributed by atoms with Gasteiger partial charge in [0.05, 0.1) is 11.6 Å². The van der Waals surface area contributed by atoms with Gasteiger partial charge in [0.1, 0.15) is 0 Å². The minimum absolute atomic E-state index is 0.0771. The monoisotopic (exact) mass is 279 g/mol. The topological polar surface area (TPSA) is 35.2 Å².